The van der Waals surface area contributed by atoms with E-state index in [4.69, 9.17) is 5.26 Å². The number of benzene rings is 1. The monoisotopic (exact) mass is 254 g/mol. The maximum atomic E-state index is 13.5. The zero-order valence-corrected chi connectivity index (χ0v) is 9.72. The third-order valence-electron chi connectivity index (χ3n) is 3.27. The molecule has 2 nitrogen and oxygen atoms in total. The Hall–Kier alpha value is -1.70. The molecule has 1 aromatic carbocycles. The van der Waals surface area contributed by atoms with E-state index in [0.717, 1.165) is 19.3 Å². The van der Waals surface area contributed by atoms with Crippen molar-refractivity contribution in [2.24, 2.45) is 5.92 Å². The summed E-state index contributed by atoms with van der Waals surface area (Å²) in [5, 5.41) is 11.7. The van der Waals surface area contributed by atoms with Crippen LogP contribution in [0.1, 0.15) is 25.7 Å². The van der Waals surface area contributed by atoms with Crippen LogP contribution < -0.4 is 5.32 Å². The van der Waals surface area contributed by atoms with Gasteiger partial charge in [-0.25, -0.2) is 13.2 Å². The van der Waals surface area contributed by atoms with Gasteiger partial charge in [-0.1, -0.05) is 12.8 Å². The summed E-state index contributed by atoms with van der Waals surface area (Å²) in [7, 11) is 0. The van der Waals surface area contributed by atoms with E-state index in [0.29, 0.717) is 18.6 Å². The molecule has 0 aromatic heterocycles. The second-order valence-electron chi connectivity index (χ2n) is 4.52. The molecule has 1 aliphatic carbocycles. The number of rotatable bonds is 2. The zero-order valence-electron chi connectivity index (χ0n) is 9.72. The topological polar surface area (TPSA) is 35.8 Å². The first-order valence-electron chi connectivity index (χ1n) is 5.92. The molecule has 0 bridgehead atoms. The minimum absolute atomic E-state index is 0.261. The number of hydrogen-bond donors (Lipinski definition) is 1. The van der Waals surface area contributed by atoms with Gasteiger partial charge in [0.2, 0.25) is 0 Å². The lowest BCUT2D eigenvalue weighted by Crippen LogP contribution is -2.32. The van der Waals surface area contributed by atoms with Gasteiger partial charge in [-0.3, -0.25) is 0 Å². The van der Waals surface area contributed by atoms with E-state index in [1.54, 1.807) is 0 Å². The molecular formula is C13H13F3N2. The molecular weight excluding hydrogens is 241 g/mol. The quantitative estimate of drug-likeness (QED) is 0.875. The summed E-state index contributed by atoms with van der Waals surface area (Å²) in [5.41, 5.74) is -0.344. The highest BCUT2D eigenvalue weighted by atomic mass is 19.1. The van der Waals surface area contributed by atoms with Crippen LogP contribution in [0.5, 0.6) is 0 Å². The number of hydrogen-bond acceptors (Lipinski definition) is 2. The standard InChI is InChI=1S/C13H13F3N2/c14-9-5-10(15)13(11(16)6-9)18-12-4-2-1-3-8(12)7-17/h5-6,8,12,18H,1-4H2. The van der Waals surface area contributed by atoms with Gasteiger partial charge in [0.15, 0.2) is 11.6 Å². The van der Waals surface area contributed by atoms with Crippen molar-refractivity contribution in [2.45, 2.75) is 31.7 Å². The fourth-order valence-corrected chi connectivity index (χ4v) is 2.32. The number of anilines is 1. The van der Waals surface area contributed by atoms with Crippen molar-refractivity contribution in [1.82, 2.24) is 0 Å². The van der Waals surface area contributed by atoms with Crippen molar-refractivity contribution < 1.29 is 13.2 Å². The molecule has 2 atom stereocenters. The molecule has 18 heavy (non-hydrogen) atoms. The minimum atomic E-state index is -0.963. The lowest BCUT2D eigenvalue weighted by Gasteiger charge is -2.28. The molecule has 0 heterocycles. The van der Waals surface area contributed by atoms with Gasteiger partial charge in [-0.15, -0.1) is 0 Å². The number of halogens is 3. The van der Waals surface area contributed by atoms with Gasteiger partial charge in [-0.05, 0) is 12.8 Å². The van der Waals surface area contributed by atoms with E-state index in [2.05, 4.69) is 11.4 Å². The SMILES string of the molecule is N#CC1CCCCC1Nc1c(F)cc(F)cc1F. The summed E-state index contributed by atoms with van der Waals surface area (Å²) in [5.74, 6) is -3.14. The fraction of sp³-hybridized carbons (Fsp3) is 0.462. The third kappa shape index (κ3) is 2.58. The summed E-state index contributed by atoms with van der Waals surface area (Å²) >= 11 is 0. The summed E-state index contributed by atoms with van der Waals surface area (Å²) in [6.07, 6.45) is 3.28. The Kier molecular flexibility index (Phi) is 3.75. The van der Waals surface area contributed by atoms with E-state index in [1.807, 2.05) is 0 Å². The van der Waals surface area contributed by atoms with E-state index in [9.17, 15) is 13.2 Å². The maximum absolute atomic E-state index is 13.5. The Labute approximate surface area is 103 Å². The average molecular weight is 254 g/mol. The molecule has 0 spiro atoms. The molecule has 0 amide bonds. The molecule has 1 saturated carbocycles. The lowest BCUT2D eigenvalue weighted by atomic mass is 9.85. The molecule has 2 rings (SSSR count). The van der Waals surface area contributed by atoms with E-state index in [-0.39, 0.29) is 17.6 Å². The molecule has 1 aliphatic rings. The molecule has 2 unspecified atom stereocenters. The summed E-state index contributed by atoms with van der Waals surface area (Å²) < 4.78 is 39.7. The highest BCUT2D eigenvalue weighted by Crippen LogP contribution is 2.29. The number of nitrogens with zero attached hydrogens (tertiary/aromatic N) is 1. The Bertz CT molecular complexity index is 459. The Morgan fingerprint density at radius 2 is 1.72 bits per heavy atom. The van der Waals surface area contributed by atoms with Gasteiger partial charge in [0.05, 0.1) is 12.0 Å². The van der Waals surface area contributed by atoms with Crippen molar-refractivity contribution >= 4 is 5.69 Å². The second kappa shape index (κ2) is 5.30. The predicted molar refractivity (Wildman–Crippen MR) is 61.3 cm³/mol. The van der Waals surface area contributed by atoms with Crippen LogP contribution in [-0.4, -0.2) is 6.04 Å². The van der Waals surface area contributed by atoms with Gasteiger partial charge in [0.25, 0.3) is 0 Å². The van der Waals surface area contributed by atoms with Crippen LogP contribution >= 0.6 is 0 Å². The Morgan fingerprint density at radius 1 is 1.11 bits per heavy atom. The molecule has 96 valence electrons. The largest absolute Gasteiger partial charge is 0.376 e. The van der Waals surface area contributed by atoms with Crippen LogP contribution in [0, 0.1) is 34.7 Å². The normalized spacial score (nSPS) is 23.4. The summed E-state index contributed by atoms with van der Waals surface area (Å²) in [6, 6.07) is 3.13. The first-order valence-corrected chi connectivity index (χ1v) is 5.92. The second-order valence-corrected chi connectivity index (χ2v) is 4.52. The van der Waals surface area contributed by atoms with Gasteiger partial charge >= 0.3 is 0 Å². The first-order chi connectivity index (χ1) is 8.61. The number of nitrogens with one attached hydrogen (secondary N) is 1. The Balaban J connectivity index is 2.21. The fourth-order valence-electron chi connectivity index (χ4n) is 2.32. The Morgan fingerprint density at radius 3 is 2.33 bits per heavy atom. The molecule has 0 saturated heterocycles. The van der Waals surface area contributed by atoms with Gasteiger partial charge < -0.3 is 5.32 Å². The molecule has 1 fully saturated rings. The zero-order chi connectivity index (χ0) is 13.1. The van der Waals surface area contributed by atoms with Crippen LogP contribution in [0.2, 0.25) is 0 Å². The van der Waals surface area contributed by atoms with Gasteiger partial charge in [-0.2, -0.15) is 5.26 Å². The summed E-state index contributed by atoms with van der Waals surface area (Å²) in [6.45, 7) is 0. The first kappa shape index (κ1) is 12.7. The van der Waals surface area contributed by atoms with Crippen LogP contribution in [0.4, 0.5) is 18.9 Å². The van der Waals surface area contributed by atoms with Crippen LogP contribution in [0.25, 0.3) is 0 Å². The third-order valence-corrected chi connectivity index (χ3v) is 3.27. The smallest absolute Gasteiger partial charge is 0.152 e. The molecule has 0 radical (unpaired) electrons. The molecule has 0 aliphatic heterocycles. The molecule has 1 N–H and O–H groups in total. The highest BCUT2D eigenvalue weighted by Gasteiger charge is 2.26. The van der Waals surface area contributed by atoms with E-state index < -0.39 is 17.5 Å². The highest BCUT2D eigenvalue weighted by molar-refractivity contribution is 5.47. The molecule has 1 aromatic rings. The maximum Gasteiger partial charge on any atom is 0.152 e. The van der Waals surface area contributed by atoms with Crippen molar-refractivity contribution in [2.75, 3.05) is 5.32 Å². The average Bonchev–Trinajstić information content (AvgIpc) is 2.34. The van der Waals surface area contributed by atoms with Gasteiger partial charge in [0.1, 0.15) is 11.5 Å². The minimum Gasteiger partial charge on any atom is -0.376 e. The van der Waals surface area contributed by atoms with Crippen LogP contribution in [0.3, 0.4) is 0 Å². The van der Waals surface area contributed by atoms with Crippen molar-refractivity contribution in [1.29, 1.82) is 5.26 Å². The molecule has 5 heteroatoms. The van der Waals surface area contributed by atoms with Crippen molar-refractivity contribution in [3.63, 3.8) is 0 Å². The predicted octanol–water partition coefficient (Wildman–Crippen LogP) is 3.60. The van der Waals surface area contributed by atoms with Crippen molar-refractivity contribution in [3.05, 3.63) is 29.6 Å². The van der Waals surface area contributed by atoms with Crippen molar-refractivity contribution in [3.8, 4) is 6.07 Å². The van der Waals surface area contributed by atoms with E-state index in [1.165, 1.54) is 0 Å². The van der Waals surface area contributed by atoms with Crippen LogP contribution in [-0.2, 0) is 0 Å². The lowest BCUT2D eigenvalue weighted by molar-refractivity contribution is 0.385. The summed E-state index contributed by atoms with van der Waals surface area (Å²) in [4.78, 5) is 0. The number of nitriles is 1. The van der Waals surface area contributed by atoms with Gasteiger partial charge in [0, 0.05) is 18.2 Å². The van der Waals surface area contributed by atoms with Crippen LogP contribution in [0.15, 0.2) is 12.1 Å². The van der Waals surface area contributed by atoms with E-state index >= 15 is 0 Å².